The van der Waals surface area contributed by atoms with Crippen molar-refractivity contribution >= 4 is 28.0 Å². The summed E-state index contributed by atoms with van der Waals surface area (Å²) >= 11 is 0. The Balaban J connectivity index is 1.14. The van der Waals surface area contributed by atoms with E-state index >= 15 is 0 Å². The van der Waals surface area contributed by atoms with Crippen LogP contribution in [0.15, 0.2) is 186 Å². The molecule has 0 amide bonds. The zero-order chi connectivity index (χ0) is 34.4. The second-order valence-electron chi connectivity index (χ2n) is 12.9. The van der Waals surface area contributed by atoms with Crippen molar-refractivity contribution in [1.29, 1.82) is 0 Å². The van der Waals surface area contributed by atoms with Gasteiger partial charge in [-0.3, -0.25) is 4.40 Å². The maximum Gasteiger partial charge on any atom is 0.307 e. The normalized spacial score (nSPS) is 11.5. The molecule has 3 heterocycles. The Morgan fingerprint density at radius 3 is 1.65 bits per heavy atom. The standard InChI is InChI=1S/C47H30N4O/c1-5-13-31(14-6-1)35-23-26-45-44(28-35)51-43-29-36(22-25-40(43)50-47(51)52-45)38-24-21-37(27-39(38)32-15-7-2-8-16-32)42-30-41(33-17-9-3-10-18-33)48-46(49-42)34-19-11-4-12-20-34/h1-30H. The van der Waals surface area contributed by atoms with Crippen molar-refractivity contribution in [2.45, 2.75) is 0 Å². The van der Waals surface area contributed by atoms with E-state index in [1.54, 1.807) is 0 Å². The van der Waals surface area contributed by atoms with Crippen molar-refractivity contribution in [3.05, 3.63) is 182 Å². The number of imidazole rings is 1. The van der Waals surface area contributed by atoms with Gasteiger partial charge in [-0.1, -0.05) is 146 Å². The highest BCUT2D eigenvalue weighted by Gasteiger charge is 2.18. The molecule has 0 aliphatic carbocycles. The molecule has 0 unspecified atom stereocenters. The monoisotopic (exact) mass is 666 g/mol. The van der Waals surface area contributed by atoms with Crippen LogP contribution in [0.2, 0.25) is 0 Å². The van der Waals surface area contributed by atoms with Gasteiger partial charge in [-0.25, -0.2) is 9.97 Å². The molecule has 5 nitrogen and oxygen atoms in total. The van der Waals surface area contributed by atoms with Crippen molar-refractivity contribution in [2.24, 2.45) is 0 Å². The van der Waals surface area contributed by atoms with Crippen LogP contribution in [0.5, 0.6) is 0 Å². The molecular formula is C47H30N4O. The van der Waals surface area contributed by atoms with Crippen molar-refractivity contribution in [3.63, 3.8) is 0 Å². The first-order chi connectivity index (χ1) is 25.7. The first kappa shape index (κ1) is 29.8. The van der Waals surface area contributed by atoms with Crippen molar-refractivity contribution in [1.82, 2.24) is 19.4 Å². The summed E-state index contributed by atoms with van der Waals surface area (Å²) in [5, 5.41) is 0. The summed E-state index contributed by atoms with van der Waals surface area (Å²) in [5.74, 6) is 1.28. The van der Waals surface area contributed by atoms with E-state index in [2.05, 4.69) is 138 Å². The highest BCUT2D eigenvalue weighted by atomic mass is 16.4. The smallest absolute Gasteiger partial charge is 0.307 e. The van der Waals surface area contributed by atoms with Crippen LogP contribution in [0.1, 0.15) is 0 Å². The van der Waals surface area contributed by atoms with Crippen molar-refractivity contribution in [3.8, 4) is 67.3 Å². The minimum Gasteiger partial charge on any atom is -0.423 e. The highest BCUT2D eigenvalue weighted by Crippen LogP contribution is 2.39. The third-order valence-corrected chi connectivity index (χ3v) is 9.67. The van der Waals surface area contributed by atoms with Crippen LogP contribution in [0, 0.1) is 0 Å². The fraction of sp³-hybridized carbons (Fsp3) is 0. The molecule has 52 heavy (non-hydrogen) atoms. The number of hydrogen-bond acceptors (Lipinski definition) is 4. The molecule has 10 rings (SSSR count). The molecule has 0 spiro atoms. The first-order valence-corrected chi connectivity index (χ1v) is 17.4. The summed E-state index contributed by atoms with van der Waals surface area (Å²) in [7, 11) is 0. The summed E-state index contributed by atoms with van der Waals surface area (Å²) in [5.41, 5.74) is 15.2. The zero-order valence-electron chi connectivity index (χ0n) is 28.0. The van der Waals surface area contributed by atoms with E-state index in [4.69, 9.17) is 19.4 Å². The van der Waals surface area contributed by atoms with Gasteiger partial charge in [0.1, 0.15) is 0 Å². The molecule has 0 aliphatic heterocycles. The summed E-state index contributed by atoms with van der Waals surface area (Å²) in [6, 6.07) is 63.0. The summed E-state index contributed by atoms with van der Waals surface area (Å²) < 4.78 is 8.39. The fourth-order valence-electron chi connectivity index (χ4n) is 7.09. The average Bonchev–Trinajstić information content (AvgIpc) is 3.77. The Hall–Kier alpha value is -7.11. The topological polar surface area (TPSA) is 56.2 Å². The average molecular weight is 667 g/mol. The van der Waals surface area contributed by atoms with Crippen LogP contribution in [0.3, 0.4) is 0 Å². The van der Waals surface area contributed by atoms with Crippen LogP contribution in [-0.2, 0) is 0 Å². The summed E-state index contributed by atoms with van der Waals surface area (Å²) in [6.45, 7) is 0. The molecule has 0 bridgehead atoms. The van der Waals surface area contributed by atoms with Crippen LogP contribution in [-0.4, -0.2) is 19.4 Å². The molecule has 0 atom stereocenters. The molecule has 3 aromatic heterocycles. The lowest BCUT2D eigenvalue weighted by Crippen LogP contribution is -1.96. The van der Waals surface area contributed by atoms with Crippen LogP contribution in [0.25, 0.3) is 95.3 Å². The number of oxazole rings is 1. The predicted octanol–water partition coefficient (Wildman–Crippen LogP) is 12.0. The molecule has 244 valence electrons. The summed E-state index contributed by atoms with van der Waals surface area (Å²) in [4.78, 5) is 15.0. The minimum absolute atomic E-state index is 0.582. The second-order valence-corrected chi connectivity index (χ2v) is 12.9. The van der Waals surface area contributed by atoms with Gasteiger partial charge in [0, 0.05) is 16.7 Å². The van der Waals surface area contributed by atoms with E-state index in [1.165, 1.54) is 0 Å². The maximum atomic E-state index is 6.25. The molecule has 0 aliphatic rings. The number of nitrogens with zero attached hydrogens (tertiary/aromatic N) is 4. The molecule has 0 fully saturated rings. The van der Waals surface area contributed by atoms with E-state index in [0.717, 1.165) is 83.6 Å². The fourth-order valence-corrected chi connectivity index (χ4v) is 7.09. The molecule has 0 saturated heterocycles. The Labute approximate surface area is 300 Å². The van der Waals surface area contributed by atoms with Gasteiger partial charge in [0.25, 0.3) is 0 Å². The number of hydrogen-bond donors (Lipinski definition) is 0. The second kappa shape index (κ2) is 12.3. The third-order valence-electron chi connectivity index (χ3n) is 9.67. The molecule has 7 aromatic carbocycles. The first-order valence-electron chi connectivity index (χ1n) is 17.4. The lowest BCUT2D eigenvalue weighted by atomic mass is 9.91. The molecule has 5 heteroatoms. The molecule has 10 aromatic rings. The van der Waals surface area contributed by atoms with Crippen LogP contribution >= 0.6 is 0 Å². The minimum atomic E-state index is 0.582. The van der Waals surface area contributed by atoms with E-state index in [-0.39, 0.29) is 0 Å². The lowest BCUT2D eigenvalue weighted by molar-refractivity contribution is 0.643. The number of fused-ring (bicyclic) bond motifs is 5. The van der Waals surface area contributed by atoms with Gasteiger partial charge in [0.05, 0.1) is 27.9 Å². The molecule has 0 N–H and O–H groups in total. The Morgan fingerprint density at radius 1 is 0.365 bits per heavy atom. The van der Waals surface area contributed by atoms with E-state index < -0.39 is 0 Å². The highest BCUT2D eigenvalue weighted by molar-refractivity contribution is 5.95. The Kier molecular flexibility index (Phi) is 7.07. The third kappa shape index (κ3) is 5.24. The zero-order valence-corrected chi connectivity index (χ0v) is 28.0. The van der Waals surface area contributed by atoms with Gasteiger partial charge in [0.2, 0.25) is 0 Å². The SMILES string of the molecule is c1ccc(-c2ccc3oc4nc5ccc(-c6ccc(-c7cc(-c8ccccc8)nc(-c8ccccc8)n7)cc6-c6ccccc6)cc5n4c3c2)cc1. The van der Waals surface area contributed by atoms with E-state index in [0.29, 0.717) is 11.7 Å². The van der Waals surface area contributed by atoms with Crippen molar-refractivity contribution in [2.75, 3.05) is 0 Å². The van der Waals surface area contributed by atoms with E-state index in [9.17, 15) is 0 Å². The largest absolute Gasteiger partial charge is 0.423 e. The van der Waals surface area contributed by atoms with Crippen molar-refractivity contribution < 1.29 is 4.42 Å². The molecule has 0 radical (unpaired) electrons. The van der Waals surface area contributed by atoms with Gasteiger partial charge in [-0.2, -0.15) is 4.98 Å². The number of rotatable bonds is 6. The summed E-state index contributed by atoms with van der Waals surface area (Å²) in [6.07, 6.45) is 0. The maximum absolute atomic E-state index is 6.25. The lowest BCUT2D eigenvalue weighted by Gasteiger charge is -2.14. The predicted molar refractivity (Wildman–Crippen MR) is 211 cm³/mol. The Morgan fingerprint density at radius 2 is 0.942 bits per heavy atom. The van der Waals surface area contributed by atoms with Gasteiger partial charge in [0.15, 0.2) is 11.4 Å². The van der Waals surface area contributed by atoms with Gasteiger partial charge >= 0.3 is 5.84 Å². The quantitative estimate of drug-likeness (QED) is 0.177. The number of benzene rings is 7. The van der Waals surface area contributed by atoms with Gasteiger partial charge in [-0.15, -0.1) is 0 Å². The van der Waals surface area contributed by atoms with Crippen LogP contribution < -0.4 is 0 Å². The van der Waals surface area contributed by atoms with E-state index in [1.807, 2.05) is 48.5 Å². The molecule has 0 saturated carbocycles. The molecular weight excluding hydrogens is 637 g/mol. The number of aromatic nitrogens is 4. The van der Waals surface area contributed by atoms with Crippen LogP contribution in [0.4, 0.5) is 0 Å². The Bertz CT molecular complexity index is 2820. The van der Waals surface area contributed by atoms with Gasteiger partial charge < -0.3 is 4.42 Å². The van der Waals surface area contributed by atoms with Gasteiger partial charge in [-0.05, 0) is 69.8 Å².